The molecule has 1 saturated carbocycles. The normalized spacial score (nSPS) is 15.2. The number of anilines is 2. The lowest BCUT2D eigenvalue weighted by Gasteiger charge is -2.18. The molecule has 7 N–H and O–H groups in total. The number of hydrogen-bond acceptors (Lipinski definition) is 15. The predicted molar refractivity (Wildman–Crippen MR) is 216 cm³/mol. The van der Waals surface area contributed by atoms with Gasteiger partial charge in [0.05, 0.1) is 28.4 Å². The number of aliphatic carboxylic acids is 1. The predicted octanol–water partition coefficient (Wildman–Crippen LogP) is 6.15. The summed E-state index contributed by atoms with van der Waals surface area (Å²) in [6.07, 6.45) is 3.00. The fraction of sp³-hybridized carbons (Fsp3) is 0.361. The molecule has 2 atom stereocenters. The molecule has 0 spiro atoms. The molecule has 5 rings (SSSR count). The van der Waals surface area contributed by atoms with E-state index in [1.165, 1.54) is 29.6 Å². The van der Waals surface area contributed by atoms with E-state index in [0.717, 1.165) is 43.9 Å². The number of allylic oxidation sites excluding steroid dienone is 1. The number of carbonyl (C=O) groups excluding carboxylic acids is 3. The number of cyclic esters (lactones) is 1. The fourth-order valence-electron chi connectivity index (χ4n) is 5.30. The number of sulfonamides is 1. The summed E-state index contributed by atoms with van der Waals surface area (Å²) in [6.45, 7) is -2.36. The van der Waals surface area contributed by atoms with E-state index in [2.05, 4.69) is 19.4 Å². The van der Waals surface area contributed by atoms with Crippen LogP contribution in [-0.2, 0) is 28.9 Å². The van der Waals surface area contributed by atoms with Crippen molar-refractivity contribution in [3.05, 3.63) is 70.2 Å². The van der Waals surface area contributed by atoms with Crippen LogP contribution in [0.2, 0.25) is 5.02 Å². The number of imide groups is 1. The number of carboxylic acid groups (broad SMARTS) is 2. The average Bonchev–Trinajstić information content (AvgIpc) is 3.80. The molecule has 1 aliphatic heterocycles. The van der Waals surface area contributed by atoms with E-state index in [4.69, 9.17) is 41.9 Å². The van der Waals surface area contributed by atoms with Gasteiger partial charge in [0.1, 0.15) is 22.5 Å². The van der Waals surface area contributed by atoms with Crippen molar-refractivity contribution in [2.75, 3.05) is 23.0 Å². The summed E-state index contributed by atoms with van der Waals surface area (Å²) >= 11 is 6.04. The summed E-state index contributed by atoms with van der Waals surface area (Å²) in [5, 5.41) is 19.1. The van der Waals surface area contributed by atoms with Gasteiger partial charge in [0.15, 0.2) is 13.1 Å². The molecule has 1 saturated heterocycles. The summed E-state index contributed by atoms with van der Waals surface area (Å²) in [7, 11) is -7.82. The van der Waals surface area contributed by atoms with Gasteiger partial charge in [0.25, 0.3) is 10.0 Å². The van der Waals surface area contributed by atoms with E-state index in [0.29, 0.717) is 16.5 Å². The van der Waals surface area contributed by atoms with Crippen LogP contribution in [0.3, 0.4) is 0 Å². The number of aromatic carboxylic acids is 1. The van der Waals surface area contributed by atoms with Gasteiger partial charge in [-0.1, -0.05) is 23.7 Å². The van der Waals surface area contributed by atoms with Crippen molar-refractivity contribution in [3.63, 3.8) is 0 Å². The number of carboxylic acids is 2. The number of halogens is 6. The van der Waals surface area contributed by atoms with E-state index >= 15 is 0 Å². The summed E-state index contributed by atoms with van der Waals surface area (Å²) in [5.41, 5.74) is 4.76. The second-order valence-electron chi connectivity index (χ2n) is 13.6. The molecule has 356 valence electrons. The van der Waals surface area contributed by atoms with Crippen molar-refractivity contribution < 1.29 is 93.0 Å². The Balaban J connectivity index is 0.000000286. The van der Waals surface area contributed by atoms with Crippen LogP contribution in [0.5, 0.6) is 17.5 Å². The second-order valence-corrected chi connectivity index (χ2v) is 18.2. The largest absolute Gasteiger partial charge is 0.489 e. The number of nitrogens with one attached hydrogen (secondary N) is 2. The third kappa shape index (κ3) is 16.4. The topological polar surface area (TPSA) is 313 Å². The highest BCUT2D eigenvalue weighted by molar-refractivity contribution is 7.90. The number of nitrogens with zero attached hydrogens (tertiary/aromatic N) is 3. The molecule has 29 heteroatoms. The Morgan fingerprint density at radius 2 is 1.58 bits per heavy atom. The first kappa shape index (κ1) is 53.2. The third-order valence-electron chi connectivity index (χ3n) is 8.19. The number of alkyl halides is 4. The van der Waals surface area contributed by atoms with Crippen LogP contribution >= 0.6 is 19.0 Å². The first-order valence-electron chi connectivity index (χ1n) is 18.3. The van der Waals surface area contributed by atoms with Gasteiger partial charge in [-0.25, -0.2) is 36.8 Å². The SMILES string of the molecule is CC(C)=C1OC(=O)N(c2cc(OC3CCCC3)c(Cl)cc2F)C1=O.CP(=O)(O)CCC(N)C(=O)O.O=C(Nc1nc(OC(F)F)cc(OC(F)F)n1)NS(=O)(=O)c1ccccc1C(=O)O. The van der Waals surface area contributed by atoms with Crippen molar-refractivity contribution in [2.24, 2.45) is 5.73 Å². The van der Waals surface area contributed by atoms with Gasteiger partial charge in [-0.2, -0.15) is 27.5 Å². The standard InChI is InChI=1S/C17H17ClFNO4.C14H10F4N4O7S.C5H12NO4P/c1-9(2)15-16(21)20(17(22)24-15)13-8-14(11(18)7-12(13)19)23-10-5-3-4-6-10;15-11(16)28-8-5-9(29-12(17)18)20-13(19-8)21-14(25)22-30(26,27)7-4-2-1-3-6(7)10(23)24;1-11(9,10)3-2-4(6)5(7)8/h7-8,10H,3-6H2,1-2H3;1-5,11-12H,(H,23,24)(H2,19,20,21,22,25);4H,2-3,6H2,1H3,(H,7,8)(H,9,10). The highest BCUT2D eigenvalue weighted by Crippen LogP contribution is 2.38. The Bertz CT molecular complexity index is 2430. The molecular weight excluding hydrogens is 950 g/mol. The highest BCUT2D eigenvalue weighted by atomic mass is 35.5. The van der Waals surface area contributed by atoms with E-state index < -0.39 is 101 Å². The Kier molecular flexibility index (Phi) is 19.0. The maximum Gasteiger partial charge on any atom is 0.427 e. The number of rotatable bonds is 15. The summed E-state index contributed by atoms with van der Waals surface area (Å²) in [4.78, 5) is 72.7. The lowest BCUT2D eigenvalue weighted by molar-refractivity contribution is -0.138. The van der Waals surface area contributed by atoms with E-state index in [-0.39, 0.29) is 40.9 Å². The van der Waals surface area contributed by atoms with Gasteiger partial charge >= 0.3 is 43.2 Å². The zero-order chi connectivity index (χ0) is 49.0. The van der Waals surface area contributed by atoms with Crippen LogP contribution in [-0.4, -0.2) is 102 Å². The number of urea groups is 1. The minimum absolute atomic E-state index is 0.00962. The van der Waals surface area contributed by atoms with Gasteiger partial charge in [-0.05, 0) is 69.7 Å². The quantitative estimate of drug-likeness (QED) is 0.0564. The highest BCUT2D eigenvalue weighted by Gasteiger charge is 2.40. The Hall–Kier alpha value is -6.15. The third-order valence-corrected chi connectivity index (χ3v) is 11.0. The number of aromatic nitrogens is 2. The first-order valence-corrected chi connectivity index (χ1v) is 22.5. The van der Waals surface area contributed by atoms with Crippen LogP contribution in [0.15, 0.2) is 58.7 Å². The molecule has 4 amide bonds. The summed E-state index contributed by atoms with van der Waals surface area (Å²) in [5.74, 6) is -6.92. The van der Waals surface area contributed by atoms with Crippen LogP contribution in [0.25, 0.3) is 0 Å². The lowest BCUT2D eigenvalue weighted by atomic mass is 10.2. The molecule has 0 radical (unpaired) electrons. The molecule has 2 fully saturated rings. The van der Waals surface area contributed by atoms with Gasteiger partial charge in [-0.15, -0.1) is 0 Å². The molecular formula is C36H39ClF5N6O15PS. The Morgan fingerprint density at radius 1 is 1.02 bits per heavy atom. The summed E-state index contributed by atoms with van der Waals surface area (Å²) in [6, 6.07) is 4.52. The number of carbonyl (C=O) groups is 5. The van der Waals surface area contributed by atoms with Crippen LogP contribution < -0.4 is 34.9 Å². The second kappa shape index (κ2) is 23.2. The zero-order valence-corrected chi connectivity index (χ0v) is 36.3. The molecule has 2 aromatic carbocycles. The summed E-state index contributed by atoms with van der Waals surface area (Å²) < 4.78 is 119. The van der Waals surface area contributed by atoms with Gasteiger partial charge < -0.3 is 39.8 Å². The molecule has 1 aromatic heterocycles. The molecule has 2 aliphatic rings. The molecule has 21 nitrogen and oxygen atoms in total. The van der Waals surface area contributed by atoms with Crippen LogP contribution in [0.1, 0.15) is 56.3 Å². The van der Waals surface area contributed by atoms with Crippen molar-refractivity contribution in [3.8, 4) is 17.5 Å². The maximum absolute atomic E-state index is 14.3. The fourth-order valence-corrected chi connectivity index (χ4v) is 7.36. The number of benzene rings is 2. The zero-order valence-electron chi connectivity index (χ0n) is 33.9. The molecule has 3 aromatic rings. The Labute approximate surface area is 370 Å². The minimum atomic E-state index is -4.71. The molecule has 2 unspecified atom stereocenters. The molecule has 65 heavy (non-hydrogen) atoms. The number of hydrogen-bond donors (Lipinski definition) is 6. The minimum Gasteiger partial charge on any atom is -0.489 e. The molecule has 0 bridgehead atoms. The van der Waals surface area contributed by atoms with Gasteiger partial charge in [0, 0.05) is 18.9 Å². The lowest BCUT2D eigenvalue weighted by Crippen LogP contribution is -2.35. The van der Waals surface area contributed by atoms with Crippen molar-refractivity contribution >= 4 is 70.6 Å². The number of ether oxygens (including phenoxy) is 4. The molecule has 1 aliphatic carbocycles. The van der Waals surface area contributed by atoms with Crippen molar-refractivity contribution in [1.82, 2.24) is 14.7 Å². The van der Waals surface area contributed by atoms with E-state index in [1.54, 1.807) is 19.2 Å². The van der Waals surface area contributed by atoms with Gasteiger partial charge in [-0.3, -0.25) is 19.5 Å². The first-order chi connectivity index (χ1) is 30.2. The molecule has 2 heterocycles. The maximum atomic E-state index is 14.3. The number of nitrogens with two attached hydrogens (primary N) is 1. The Morgan fingerprint density at radius 3 is 2.08 bits per heavy atom. The number of amides is 4. The van der Waals surface area contributed by atoms with Crippen LogP contribution in [0, 0.1) is 5.82 Å². The average molecular weight is 989 g/mol. The van der Waals surface area contributed by atoms with Crippen molar-refractivity contribution in [1.29, 1.82) is 0 Å². The van der Waals surface area contributed by atoms with Crippen molar-refractivity contribution in [2.45, 2.75) is 76.2 Å². The monoisotopic (exact) mass is 988 g/mol. The van der Waals surface area contributed by atoms with E-state index in [9.17, 15) is 58.9 Å². The van der Waals surface area contributed by atoms with E-state index in [1.807, 2.05) is 0 Å². The van der Waals surface area contributed by atoms with Crippen LogP contribution in [0.4, 0.5) is 43.2 Å². The smallest absolute Gasteiger partial charge is 0.427 e. The van der Waals surface area contributed by atoms with Gasteiger partial charge in [0.2, 0.25) is 17.7 Å².